The summed E-state index contributed by atoms with van der Waals surface area (Å²) in [7, 11) is 3.98. The number of halogens is 1. The zero-order valence-corrected chi connectivity index (χ0v) is 18.6. The molecule has 1 fully saturated rings. The first kappa shape index (κ1) is 20.9. The molecule has 7 heteroatoms. The van der Waals surface area contributed by atoms with Crippen molar-refractivity contribution in [2.45, 2.75) is 18.9 Å². The minimum atomic E-state index is -0.338. The van der Waals surface area contributed by atoms with Gasteiger partial charge < -0.3 is 14.5 Å². The Morgan fingerprint density at radius 3 is 2.84 bits per heavy atom. The van der Waals surface area contributed by atoms with Crippen LogP contribution in [0, 0.1) is 17.7 Å². The quantitative estimate of drug-likeness (QED) is 0.731. The molecule has 32 heavy (non-hydrogen) atoms. The van der Waals surface area contributed by atoms with Crippen LogP contribution in [0.5, 0.6) is 5.75 Å². The monoisotopic (exact) mass is 436 g/mol. The molecule has 168 valence electrons. The molecule has 2 unspecified atom stereocenters. The highest BCUT2D eigenvalue weighted by atomic mass is 19.1. The minimum absolute atomic E-state index is 0.132. The van der Waals surface area contributed by atoms with Crippen LogP contribution in [-0.2, 0) is 0 Å². The third-order valence-corrected chi connectivity index (χ3v) is 6.77. The van der Waals surface area contributed by atoms with Gasteiger partial charge in [-0.05, 0) is 56.1 Å². The molecule has 2 aromatic carbocycles. The molecule has 3 aliphatic heterocycles. The van der Waals surface area contributed by atoms with E-state index in [4.69, 9.17) is 9.84 Å². The number of rotatable bonds is 3. The van der Waals surface area contributed by atoms with Crippen molar-refractivity contribution in [2.75, 3.05) is 40.3 Å². The van der Waals surface area contributed by atoms with E-state index in [1.54, 1.807) is 16.0 Å². The van der Waals surface area contributed by atoms with Gasteiger partial charge in [-0.15, -0.1) is 0 Å². The highest BCUT2D eigenvalue weighted by Gasteiger charge is 2.46. The lowest BCUT2D eigenvalue weighted by atomic mass is 9.86. The maximum Gasteiger partial charge on any atom is 0.340 e. The molecule has 2 aromatic rings. The summed E-state index contributed by atoms with van der Waals surface area (Å²) in [5.74, 6) is 0.579. The smallest absolute Gasteiger partial charge is 0.340 e. The molecule has 0 N–H and O–H groups in total. The van der Waals surface area contributed by atoms with Crippen LogP contribution in [0.2, 0.25) is 0 Å². The van der Waals surface area contributed by atoms with E-state index in [1.807, 2.05) is 37.4 Å². The van der Waals surface area contributed by atoms with Gasteiger partial charge in [0.25, 0.3) is 0 Å². The second kappa shape index (κ2) is 8.54. The van der Waals surface area contributed by atoms with Gasteiger partial charge in [-0.2, -0.15) is 5.10 Å². The Bertz CT molecular complexity index is 1030. The molecule has 0 aromatic heterocycles. The maximum atomic E-state index is 14.0. The third-order valence-electron chi connectivity index (χ3n) is 6.77. The van der Waals surface area contributed by atoms with Crippen molar-refractivity contribution >= 4 is 11.7 Å². The summed E-state index contributed by atoms with van der Waals surface area (Å²) in [6.45, 7) is 3.20. The Morgan fingerprint density at radius 1 is 1.25 bits per heavy atom. The predicted octanol–water partition coefficient (Wildman–Crippen LogP) is 3.99. The van der Waals surface area contributed by atoms with E-state index >= 15 is 0 Å². The molecule has 1 saturated heterocycles. The highest BCUT2D eigenvalue weighted by molar-refractivity contribution is 6.07. The summed E-state index contributed by atoms with van der Waals surface area (Å²) in [5.41, 5.74) is 2.35. The molecule has 0 aliphatic carbocycles. The van der Waals surface area contributed by atoms with Crippen molar-refractivity contribution < 1.29 is 13.9 Å². The van der Waals surface area contributed by atoms with Crippen LogP contribution < -0.4 is 4.74 Å². The lowest BCUT2D eigenvalue weighted by molar-refractivity contribution is 0.118. The third kappa shape index (κ3) is 3.86. The highest BCUT2D eigenvalue weighted by Crippen LogP contribution is 2.43. The standard InChI is InChI=1S/C25H29FN4O2/c1-28-12-6-7-17(14-28)15-29(2)25(31)30-24(18-8-4-3-5-9-18)21-16-32-22-11-10-19(26)13-20(22)23(21)27-30/h3-5,8-11,13,17,21,24H,6-7,12,14-16H2,1-2H3/t17-,21?,24?/m1/s1. The topological polar surface area (TPSA) is 48.4 Å². The van der Waals surface area contributed by atoms with Crippen LogP contribution in [0.25, 0.3) is 0 Å². The summed E-state index contributed by atoms with van der Waals surface area (Å²) >= 11 is 0. The maximum absolute atomic E-state index is 14.0. The van der Waals surface area contributed by atoms with Crippen LogP contribution in [-0.4, -0.2) is 66.9 Å². The van der Waals surface area contributed by atoms with Crippen LogP contribution in [0.15, 0.2) is 53.6 Å². The van der Waals surface area contributed by atoms with Crippen LogP contribution in [0.4, 0.5) is 9.18 Å². The SMILES string of the molecule is CN1CCC[C@@H](CN(C)C(=O)N2N=C3c4cc(F)ccc4OCC3C2c2ccccc2)C1. The Labute approximate surface area is 188 Å². The summed E-state index contributed by atoms with van der Waals surface area (Å²) in [6, 6.07) is 14.0. The fourth-order valence-corrected chi connectivity index (χ4v) is 5.25. The molecular weight excluding hydrogens is 407 g/mol. The summed E-state index contributed by atoms with van der Waals surface area (Å²) in [6.07, 6.45) is 2.28. The van der Waals surface area contributed by atoms with Crippen molar-refractivity contribution in [3.8, 4) is 5.75 Å². The molecule has 0 bridgehead atoms. The molecule has 2 amide bonds. The number of amides is 2. The zero-order chi connectivity index (χ0) is 22.2. The van der Waals surface area contributed by atoms with Crippen molar-refractivity contribution in [1.29, 1.82) is 0 Å². The van der Waals surface area contributed by atoms with E-state index in [9.17, 15) is 9.18 Å². The Kier molecular flexibility index (Phi) is 5.59. The van der Waals surface area contributed by atoms with Gasteiger partial charge in [0.15, 0.2) is 0 Å². The molecule has 6 nitrogen and oxygen atoms in total. The number of fused-ring (bicyclic) bond motifs is 3. The van der Waals surface area contributed by atoms with Gasteiger partial charge in [-0.1, -0.05) is 30.3 Å². The van der Waals surface area contributed by atoms with Gasteiger partial charge >= 0.3 is 6.03 Å². The van der Waals surface area contributed by atoms with E-state index in [2.05, 4.69) is 11.9 Å². The van der Waals surface area contributed by atoms with E-state index in [-0.39, 0.29) is 23.8 Å². The average molecular weight is 437 g/mol. The van der Waals surface area contributed by atoms with E-state index < -0.39 is 0 Å². The van der Waals surface area contributed by atoms with E-state index in [1.165, 1.54) is 12.1 Å². The first-order valence-corrected chi connectivity index (χ1v) is 11.3. The number of hydrogen-bond acceptors (Lipinski definition) is 4. The molecule has 5 rings (SSSR count). The van der Waals surface area contributed by atoms with Crippen LogP contribution >= 0.6 is 0 Å². The van der Waals surface area contributed by atoms with Gasteiger partial charge in [0.05, 0.1) is 24.3 Å². The first-order chi connectivity index (χ1) is 15.5. The van der Waals surface area contributed by atoms with Crippen molar-refractivity contribution in [1.82, 2.24) is 14.8 Å². The molecule has 3 heterocycles. The normalized spacial score (nSPS) is 24.9. The zero-order valence-electron chi connectivity index (χ0n) is 18.6. The molecule has 0 saturated carbocycles. The number of hydrogen-bond donors (Lipinski definition) is 0. The van der Waals surface area contributed by atoms with Gasteiger partial charge in [-0.25, -0.2) is 14.2 Å². The van der Waals surface area contributed by atoms with Gasteiger partial charge in [0, 0.05) is 25.7 Å². The Morgan fingerprint density at radius 2 is 2.06 bits per heavy atom. The lowest BCUT2D eigenvalue weighted by Gasteiger charge is -2.35. The van der Waals surface area contributed by atoms with Crippen LogP contribution in [0.3, 0.4) is 0 Å². The van der Waals surface area contributed by atoms with Gasteiger partial charge in [-0.3, -0.25) is 0 Å². The fraction of sp³-hybridized carbons (Fsp3) is 0.440. The van der Waals surface area contributed by atoms with E-state index in [0.717, 1.165) is 37.2 Å². The van der Waals surface area contributed by atoms with Crippen molar-refractivity contribution in [3.05, 3.63) is 65.5 Å². The molecule has 3 aliphatic rings. The number of ether oxygens (including phenoxy) is 1. The molecule has 3 atom stereocenters. The average Bonchev–Trinajstić information content (AvgIpc) is 3.19. The van der Waals surface area contributed by atoms with E-state index in [0.29, 0.717) is 30.4 Å². The Hall–Kier alpha value is -2.93. The second-order valence-electron chi connectivity index (χ2n) is 9.18. The number of urea groups is 1. The van der Waals surface area contributed by atoms with Crippen molar-refractivity contribution in [3.63, 3.8) is 0 Å². The predicted molar refractivity (Wildman–Crippen MR) is 121 cm³/mol. The number of hydrazone groups is 1. The summed E-state index contributed by atoms with van der Waals surface area (Å²) in [5, 5.41) is 6.37. The second-order valence-corrected chi connectivity index (χ2v) is 9.18. The molecular formula is C25H29FN4O2. The largest absolute Gasteiger partial charge is 0.492 e. The number of carbonyl (C=O) groups is 1. The number of piperidine rings is 1. The Balaban J connectivity index is 1.46. The minimum Gasteiger partial charge on any atom is -0.492 e. The number of benzene rings is 2. The summed E-state index contributed by atoms with van der Waals surface area (Å²) in [4.78, 5) is 17.7. The van der Waals surface area contributed by atoms with Gasteiger partial charge in [0.1, 0.15) is 11.6 Å². The van der Waals surface area contributed by atoms with Gasteiger partial charge in [0.2, 0.25) is 0 Å². The fourth-order valence-electron chi connectivity index (χ4n) is 5.25. The number of carbonyl (C=O) groups excluding carboxylic acids is 1. The molecule has 0 radical (unpaired) electrons. The van der Waals surface area contributed by atoms with Crippen molar-refractivity contribution in [2.24, 2.45) is 16.9 Å². The number of nitrogens with zero attached hydrogens (tertiary/aromatic N) is 4. The molecule has 0 spiro atoms. The summed E-state index contributed by atoms with van der Waals surface area (Å²) < 4.78 is 20.0. The lowest BCUT2D eigenvalue weighted by Crippen LogP contribution is -2.45. The first-order valence-electron chi connectivity index (χ1n) is 11.3. The van der Waals surface area contributed by atoms with Crippen LogP contribution in [0.1, 0.15) is 30.0 Å². The number of likely N-dealkylation sites (tertiary alicyclic amines) is 1.